The van der Waals surface area contributed by atoms with Gasteiger partial charge in [-0.1, -0.05) is 13.0 Å². The Morgan fingerprint density at radius 2 is 2.19 bits per heavy atom. The van der Waals surface area contributed by atoms with Crippen LogP contribution in [0.4, 0.5) is 0 Å². The topological polar surface area (TPSA) is 21.3 Å². The zero-order valence-electron chi connectivity index (χ0n) is 9.85. The lowest BCUT2D eigenvalue weighted by molar-refractivity contribution is 0.412. The van der Waals surface area contributed by atoms with Gasteiger partial charge in [0.1, 0.15) is 5.75 Å². The minimum Gasteiger partial charge on any atom is -0.496 e. The maximum atomic E-state index is 5.20. The summed E-state index contributed by atoms with van der Waals surface area (Å²) in [6, 6.07) is 6.22. The van der Waals surface area contributed by atoms with Gasteiger partial charge in [-0.3, -0.25) is 0 Å². The lowest BCUT2D eigenvalue weighted by Crippen LogP contribution is -2.21. The molecule has 0 unspecified atom stereocenters. The van der Waals surface area contributed by atoms with Crippen molar-refractivity contribution < 1.29 is 4.74 Å². The SMILES string of the molecule is COc1ccc(CNCC2(C)CC2)cc1Br. The standard InChI is InChI=1S/C13H18BrNO/c1-13(5-6-13)9-15-8-10-3-4-12(16-2)11(14)7-10/h3-4,7,15H,5-6,8-9H2,1-2H3. The molecule has 0 aromatic heterocycles. The summed E-state index contributed by atoms with van der Waals surface area (Å²) in [6.45, 7) is 4.39. The van der Waals surface area contributed by atoms with E-state index in [1.54, 1.807) is 7.11 Å². The zero-order chi connectivity index (χ0) is 11.6. The number of benzene rings is 1. The summed E-state index contributed by atoms with van der Waals surface area (Å²) in [5, 5.41) is 3.51. The van der Waals surface area contributed by atoms with Gasteiger partial charge in [-0.2, -0.15) is 0 Å². The van der Waals surface area contributed by atoms with E-state index in [9.17, 15) is 0 Å². The van der Waals surface area contributed by atoms with Crippen LogP contribution in [0.25, 0.3) is 0 Å². The average Bonchev–Trinajstić information content (AvgIpc) is 2.97. The number of nitrogens with one attached hydrogen (secondary N) is 1. The van der Waals surface area contributed by atoms with Crippen LogP contribution >= 0.6 is 15.9 Å². The summed E-state index contributed by atoms with van der Waals surface area (Å²) in [6.07, 6.45) is 2.73. The second kappa shape index (κ2) is 4.76. The number of rotatable bonds is 5. The maximum absolute atomic E-state index is 5.20. The van der Waals surface area contributed by atoms with Gasteiger partial charge in [-0.15, -0.1) is 0 Å². The highest BCUT2D eigenvalue weighted by atomic mass is 79.9. The van der Waals surface area contributed by atoms with Crippen LogP contribution in [0.1, 0.15) is 25.3 Å². The van der Waals surface area contributed by atoms with E-state index in [0.29, 0.717) is 5.41 Å². The summed E-state index contributed by atoms with van der Waals surface area (Å²) >= 11 is 3.50. The predicted octanol–water partition coefficient (Wildman–Crippen LogP) is 3.35. The highest BCUT2D eigenvalue weighted by Gasteiger charge is 2.36. The number of hydrogen-bond acceptors (Lipinski definition) is 2. The Morgan fingerprint density at radius 1 is 1.44 bits per heavy atom. The number of ether oxygens (including phenoxy) is 1. The maximum Gasteiger partial charge on any atom is 0.133 e. The Balaban J connectivity index is 1.87. The predicted molar refractivity (Wildman–Crippen MR) is 69.7 cm³/mol. The van der Waals surface area contributed by atoms with Gasteiger partial charge in [0.05, 0.1) is 11.6 Å². The van der Waals surface area contributed by atoms with Crippen molar-refractivity contribution in [1.29, 1.82) is 0 Å². The first-order chi connectivity index (χ1) is 7.63. The van der Waals surface area contributed by atoms with Crippen molar-refractivity contribution in [3.8, 4) is 5.75 Å². The average molecular weight is 284 g/mol. The molecule has 1 fully saturated rings. The van der Waals surface area contributed by atoms with Gasteiger partial charge < -0.3 is 10.1 Å². The van der Waals surface area contributed by atoms with Crippen molar-refractivity contribution >= 4 is 15.9 Å². The van der Waals surface area contributed by atoms with E-state index >= 15 is 0 Å². The first-order valence-corrected chi connectivity index (χ1v) is 6.45. The van der Waals surface area contributed by atoms with E-state index in [4.69, 9.17) is 4.74 Å². The van der Waals surface area contributed by atoms with Gasteiger partial charge in [-0.25, -0.2) is 0 Å². The van der Waals surface area contributed by atoms with Crippen LogP contribution in [-0.4, -0.2) is 13.7 Å². The lowest BCUT2D eigenvalue weighted by Gasteiger charge is -2.11. The van der Waals surface area contributed by atoms with Crippen LogP contribution in [0.3, 0.4) is 0 Å². The summed E-state index contributed by atoms with van der Waals surface area (Å²) in [5.74, 6) is 0.887. The first kappa shape index (κ1) is 11.9. The monoisotopic (exact) mass is 283 g/mol. The van der Waals surface area contributed by atoms with Crippen LogP contribution in [0, 0.1) is 5.41 Å². The van der Waals surface area contributed by atoms with E-state index < -0.39 is 0 Å². The van der Waals surface area contributed by atoms with E-state index in [2.05, 4.69) is 40.3 Å². The summed E-state index contributed by atoms with van der Waals surface area (Å²) < 4.78 is 6.22. The molecular formula is C13H18BrNO. The van der Waals surface area contributed by atoms with Crippen LogP contribution < -0.4 is 10.1 Å². The third kappa shape index (κ3) is 2.98. The molecule has 1 aliphatic rings. The molecule has 16 heavy (non-hydrogen) atoms. The molecule has 0 saturated heterocycles. The fourth-order valence-corrected chi connectivity index (χ4v) is 2.31. The lowest BCUT2D eigenvalue weighted by atomic mass is 10.1. The van der Waals surface area contributed by atoms with Gasteiger partial charge in [0.2, 0.25) is 0 Å². The Morgan fingerprint density at radius 3 is 2.75 bits per heavy atom. The first-order valence-electron chi connectivity index (χ1n) is 5.66. The molecule has 2 nitrogen and oxygen atoms in total. The van der Waals surface area contributed by atoms with E-state index in [0.717, 1.165) is 23.3 Å². The van der Waals surface area contributed by atoms with Crippen LogP contribution in [0.15, 0.2) is 22.7 Å². The van der Waals surface area contributed by atoms with E-state index in [1.807, 2.05) is 6.07 Å². The normalized spacial score (nSPS) is 17.2. The van der Waals surface area contributed by atoms with Gasteiger partial charge >= 0.3 is 0 Å². The molecule has 0 amide bonds. The molecule has 0 heterocycles. The molecule has 1 saturated carbocycles. The molecule has 1 aliphatic carbocycles. The highest BCUT2D eigenvalue weighted by molar-refractivity contribution is 9.10. The molecule has 0 radical (unpaired) electrons. The van der Waals surface area contributed by atoms with Crippen molar-refractivity contribution in [3.05, 3.63) is 28.2 Å². The van der Waals surface area contributed by atoms with Gasteiger partial charge in [0, 0.05) is 13.1 Å². The second-order valence-corrected chi connectivity index (χ2v) is 5.74. The number of halogens is 1. The van der Waals surface area contributed by atoms with Crippen LogP contribution in [0.5, 0.6) is 5.75 Å². The summed E-state index contributed by atoms with van der Waals surface area (Å²) in [4.78, 5) is 0. The van der Waals surface area contributed by atoms with Crippen molar-refractivity contribution in [3.63, 3.8) is 0 Å². The second-order valence-electron chi connectivity index (χ2n) is 4.88. The Kier molecular flexibility index (Phi) is 3.55. The third-order valence-electron chi connectivity index (χ3n) is 3.20. The zero-order valence-corrected chi connectivity index (χ0v) is 11.4. The summed E-state index contributed by atoms with van der Waals surface area (Å²) in [7, 11) is 1.69. The molecule has 1 aromatic rings. The van der Waals surface area contributed by atoms with E-state index in [1.165, 1.54) is 18.4 Å². The molecule has 3 heteroatoms. The van der Waals surface area contributed by atoms with Gasteiger partial charge in [0.25, 0.3) is 0 Å². The van der Waals surface area contributed by atoms with Gasteiger partial charge in [-0.05, 0) is 51.9 Å². The molecule has 0 atom stereocenters. The fourth-order valence-electron chi connectivity index (χ4n) is 1.72. The fraction of sp³-hybridized carbons (Fsp3) is 0.538. The molecule has 1 N–H and O–H groups in total. The van der Waals surface area contributed by atoms with Crippen molar-refractivity contribution in [1.82, 2.24) is 5.32 Å². The number of methoxy groups -OCH3 is 1. The Labute approximate surface area is 106 Å². The molecule has 0 spiro atoms. The smallest absolute Gasteiger partial charge is 0.133 e. The number of hydrogen-bond donors (Lipinski definition) is 1. The molecule has 1 aromatic carbocycles. The van der Waals surface area contributed by atoms with Crippen molar-refractivity contribution in [2.75, 3.05) is 13.7 Å². The summed E-state index contributed by atoms with van der Waals surface area (Å²) in [5.41, 5.74) is 1.86. The van der Waals surface area contributed by atoms with E-state index in [-0.39, 0.29) is 0 Å². The molecule has 88 valence electrons. The molecule has 2 rings (SSSR count). The molecule has 0 aliphatic heterocycles. The Bertz CT molecular complexity index is 374. The third-order valence-corrected chi connectivity index (χ3v) is 3.82. The molecular weight excluding hydrogens is 266 g/mol. The Hall–Kier alpha value is -0.540. The van der Waals surface area contributed by atoms with Gasteiger partial charge in [0.15, 0.2) is 0 Å². The van der Waals surface area contributed by atoms with Crippen molar-refractivity contribution in [2.45, 2.75) is 26.3 Å². The molecule has 0 bridgehead atoms. The van der Waals surface area contributed by atoms with Crippen LogP contribution in [0.2, 0.25) is 0 Å². The minimum absolute atomic E-state index is 0.573. The minimum atomic E-state index is 0.573. The van der Waals surface area contributed by atoms with Crippen molar-refractivity contribution in [2.24, 2.45) is 5.41 Å². The van der Waals surface area contributed by atoms with Crippen LogP contribution in [-0.2, 0) is 6.54 Å². The highest BCUT2D eigenvalue weighted by Crippen LogP contribution is 2.44. The quantitative estimate of drug-likeness (QED) is 0.895. The largest absolute Gasteiger partial charge is 0.496 e.